The van der Waals surface area contributed by atoms with Gasteiger partial charge in [-0.2, -0.15) is 0 Å². The van der Waals surface area contributed by atoms with Gasteiger partial charge < -0.3 is 19.4 Å². The first kappa shape index (κ1) is 23.6. The van der Waals surface area contributed by atoms with Gasteiger partial charge in [0, 0.05) is 12.2 Å². The fourth-order valence-corrected chi connectivity index (χ4v) is 3.78. The maximum Gasteiger partial charge on any atom is 0.234 e. The molecule has 3 aromatic rings. The number of ether oxygens (including phenoxy) is 2. The lowest BCUT2D eigenvalue weighted by Crippen LogP contribution is -2.17. The van der Waals surface area contributed by atoms with Crippen molar-refractivity contribution in [3.05, 3.63) is 60.2 Å². The van der Waals surface area contributed by atoms with Gasteiger partial charge in [0.05, 0.1) is 12.9 Å². The van der Waals surface area contributed by atoms with Crippen LogP contribution in [0.3, 0.4) is 0 Å². The molecular weight excluding hydrogens is 431 g/mol. The molecule has 1 amide bonds. The maximum absolute atomic E-state index is 14.0. The Bertz CT molecular complexity index is 1040. The number of carbonyl (C=O) groups is 1. The first-order valence-corrected chi connectivity index (χ1v) is 11.3. The van der Waals surface area contributed by atoms with E-state index in [1.807, 2.05) is 4.57 Å². The minimum atomic E-state index is -0.513. The van der Waals surface area contributed by atoms with Crippen molar-refractivity contribution in [2.24, 2.45) is 5.92 Å². The van der Waals surface area contributed by atoms with Gasteiger partial charge in [-0.15, -0.1) is 10.2 Å². The number of methoxy groups -OCH3 is 1. The number of halogens is 1. The van der Waals surface area contributed by atoms with Crippen LogP contribution in [0.4, 0.5) is 10.1 Å². The molecule has 9 heteroatoms. The Labute approximate surface area is 191 Å². The molecule has 7 nitrogen and oxygen atoms in total. The smallest absolute Gasteiger partial charge is 0.234 e. The number of thioether (sulfide) groups is 1. The van der Waals surface area contributed by atoms with Crippen LogP contribution in [0.15, 0.2) is 53.7 Å². The van der Waals surface area contributed by atoms with E-state index in [0.29, 0.717) is 29.1 Å². The zero-order chi connectivity index (χ0) is 23.1. The SMILES string of the molecule is COc1ccc(NC(=O)CSc2nnc(C(C)Oc3ccccc3F)n2CC(C)C)cc1. The molecule has 1 N–H and O–H groups in total. The van der Waals surface area contributed by atoms with Crippen LogP contribution in [-0.2, 0) is 11.3 Å². The average molecular weight is 459 g/mol. The van der Waals surface area contributed by atoms with E-state index in [-0.39, 0.29) is 17.4 Å². The maximum atomic E-state index is 14.0. The molecule has 2 aromatic carbocycles. The fourth-order valence-electron chi connectivity index (χ4n) is 3.03. The standard InChI is InChI=1S/C23H27FN4O3S/c1-15(2)13-28-22(16(3)31-20-8-6-5-7-19(20)24)26-27-23(28)32-14-21(29)25-17-9-11-18(30-4)12-10-17/h5-12,15-16H,13-14H2,1-4H3,(H,25,29). The second kappa shape index (κ2) is 11.0. The highest BCUT2D eigenvalue weighted by atomic mass is 32.2. The molecule has 0 saturated heterocycles. The van der Waals surface area contributed by atoms with Gasteiger partial charge in [0.1, 0.15) is 5.75 Å². The zero-order valence-electron chi connectivity index (χ0n) is 18.5. The van der Waals surface area contributed by atoms with Crippen LogP contribution in [0.25, 0.3) is 0 Å². The number of hydrogen-bond acceptors (Lipinski definition) is 6. The molecule has 3 rings (SSSR count). The van der Waals surface area contributed by atoms with Crippen molar-refractivity contribution in [1.29, 1.82) is 0 Å². The Morgan fingerprint density at radius 2 is 1.84 bits per heavy atom. The van der Waals surface area contributed by atoms with Gasteiger partial charge in [-0.25, -0.2) is 4.39 Å². The molecule has 0 saturated carbocycles. The summed E-state index contributed by atoms with van der Waals surface area (Å²) < 4.78 is 26.8. The summed E-state index contributed by atoms with van der Waals surface area (Å²) in [5.74, 6) is 1.36. The molecule has 1 unspecified atom stereocenters. The second-order valence-corrected chi connectivity index (χ2v) is 8.54. The van der Waals surface area contributed by atoms with E-state index in [9.17, 15) is 9.18 Å². The highest BCUT2D eigenvalue weighted by molar-refractivity contribution is 7.99. The molecule has 1 heterocycles. The van der Waals surface area contributed by atoms with Crippen LogP contribution in [0.2, 0.25) is 0 Å². The van der Waals surface area contributed by atoms with Crippen LogP contribution in [0.5, 0.6) is 11.5 Å². The molecule has 1 atom stereocenters. The summed E-state index contributed by atoms with van der Waals surface area (Å²) in [5, 5.41) is 12.0. The molecule has 170 valence electrons. The summed E-state index contributed by atoms with van der Waals surface area (Å²) in [6.45, 7) is 6.61. The Morgan fingerprint density at radius 1 is 1.12 bits per heavy atom. The van der Waals surface area contributed by atoms with Crippen molar-refractivity contribution < 1.29 is 18.7 Å². The van der Waals surface area contributed by atoms with Gasteiger partial charge in [0.2, 0.25) is 5.91 Å². The third kappa shape index (κ3) is 6.23. The van der Waals surface area contributed by atoms with Gasteiger partial charge >= 0.3 is 0 Å². The van der Waals surface area contributed by atoms with E-state index in [4.69, 9.17) is 9.47 Å². The molecule has 0 aliphatic rings. The highest BCUT2D eigenvalue weighted by Gasteiger charge is 2.22. The third-order valence-electron chi connectivity index (χ3n) is 4.50. The summed E-state index contributed by atoms with van der Waals surface area (Å²) in [4.78, 5) is 12.4. The topological polar surface area (TPSA) is 78.3 Å². The van der Waals surface area contributed by atoms with E-state index in [1.54, 1.807) is 56.5 Å². The normalized spacial score (nSPS) is 11.9. The largest absolute Gasteiger partial charge is 0.497 e. The molecule has 0 aliphatic heterocycles. The van der Waals surface area contributed by atoms with E-state index in [0.717, 1.165) is 5.75 Å². The molecule has 1 aromatic heterocycles. The molecule has 0 spiro atoms. The number of carbonyl (C=O) groups excluding carboxylic acids is 1. The van der Waals surface area contributed by atoms with E-state index in [2.05, 4.69) is 29.4 Å². The first-order chi connectivity index (χ1) is 15.4. The first-order valence-electron chi connectivity index (χ1n) is 10.3. The fraction of sp³-hybridized carbons (Fsp3) is 0.348. The summed E-state index contributed by atoms with van der Waals surface area (Å²) >= 11 is 1.29. The van der Waals surface area contributed by atoms with Crippen molar-refractivity contribution in [3.63, 3.8) is 0 Å². The zero-order valence-corrected chi connectivity index (χ0v) is 19.4. The Hall–Kier alpha value is -3.07. The lowest BCUT2D eigenvalue weighted by molar-refractivity contribution is -0.113. The summed E-state index contributed by atoms with van der Waals surface area (Å²) in [7, 11) is 1.59. The number of nitrogens with zero attached hydrogens (tertiary/aromatic N) is 3. The minimum absolute atomic E-state index is 0.156. The average Bonchev–Trinajstić information content (AvgIpc) is 3.16. The Morgan fingerprint density at radius 3 is 2.50 bits per heavy atom. The number of aromatic nitrogens is 3. The lowest BCUT2D eigenvalue weighted by atomic mass is 10.2. The monoisotopic (exact) mass is 458 g/mol. The van der Waals surface area contributed by atoms with Crippen LogP contribution in [0, 0.1) is 11.7 Å². The molecule has 0 aliphatic carbocycles. The molecule has 32 heavy (non-hydrogen) atoms. The van der Waals surface area contributed by atoms with Crippen molar-refractivity contribution in [1.82, 2.24) is 14.8 Å². The minimum Gasteiger partial charge on any atom is -0.497 e. The molecule has 0 fully saturated rings. The van der Waals surface area contributed by atoms with Crippen molar-refractivity contribution in [2.75, 3.05) is 18.2 Å². The molecule has 0 radical (unpaired) electrons. The van der Waals surface area contributed by atoms with Gasteiger partial charge in [0.15, 0.2) is 28.7 Å². The van der Waals surface area contributed by atoms with E-state index < -0.39 is 11.9 Å². The van der Waals surface area contributed by atoms with Crippen molar-refractivity contribution in [3.8, 4) is 11.5 Å². The number of amides is 1. The van der Waals surface area contributed by atoms with Gasteiger partial charge in [0.25, 0.3) is 0 Å². The lowest BCUT2D eigenvalue weighted by Gasteiger charge is -2.18. The predicted molar refractivity (Wildman–Crippen MR) is 123 cm³/mol. The van der Waals surface area contributed by atoms with Crippen LogP contribution in [-0.4, -0.2) is 33.5 Å². The number of nitrogens with one attached hydrogen (secondary N) is 1. The summed E-state index contributed by atoms with van der Waals surface area (Å²) in [5.41, 5.74) is 0.688. The predicted octanol–water partition coefficient (Wildman–Crippen LogP) is 4.95. The quantitative estimate of drug-likeness (QED) is 0.433. The highest BCUT2D eigenvalue weighted by Crippen LogP contribution is 2.27. The van der Waals surface area contributed by atoms with Crippen molar-refractivity contribution >= 4 is 23.4 Å². The van der Waals surface area contributed by atoms with Crippen LogP contribution in [0.1, 0.15) is 32.7 Å². The van der Waals surface area contributed by atoms with Gasteiger partial charge in [-0.3, -0.25) is 4.79 Å². The number of benzene rings is 2. The van der Waals surface area contributed by atoms with Crippen LogP contribution < -0.4 is 14.8 Å². The second-order valence-electron chi connectivity index (χ2n) is 7.60. The Balaban J connectivity index is 1.68. The van der Waals surface area contributed by atoms with Gasteiger partial charge in [-0.05, 0) is 49.2 Å². The summed E-state index contributed by atoms with van der Waals surface area (Å²) in [6.07, 6.45) is -0.513. The van der Waals surface area contributed by atoms with E-state index in [1.165, 1.54) is 17.8 Å². The van der Waals surface area contributed by atoms with Gasteiger partial charge in [-0.1, -0.05) is 37.7 Å². The molecular formula is C23H27FN4O3S. The van der Waals surface area contributed by atoms with Crippen molar-refractivity contribution in [2.45, 2.75) is 38.6 Å². The number of rotatable bonds is 10. The van der Waals surface area contributed by atoms with E-state index >= 15 is 0 Å². The molecule has 0 bridgehead atoms. The number of para-hydroxylation sites is 1. The van der Waals surface area contributed by atoms with Crippen LogP contribution >= 0.6 is 11.8 Å². The number of hydrogen-bond donors (Lipinski definition) is 1. The summed E-state index contributed by atoms with van der Waals surface area (Å²) in [6, 6.07) is 13.4. The Kier molecular flexibility index (Phi) is 8.10. The third-order valence-corrected chi connectivity index (χ3v) is 5.47. The number of anilines is 1.